The highest BCUT2D eigenvalue weighted by atomic mass is 32.3. The molecule has 1 aliphatic rings. The van der Waals surface area contributed by atoms with Gasteiger partial charge in [0.2, 0.25) is 0 Å². The number of quaternary nitrogens is 1. The van der Waals surface area contributed by atoms with E-state index in [2.05, 4.69) is 5.32 Å². The molecular weight excluding hydrogens is 484 g/mol. The predicted molar refractivity (Wildman–Crippen MR) is 126 cm³/mol. The lowest BCUT2D eigenvalue weighted by Gasteiger charge is -2.35. The van der Waals surface area contributed by atoms with Gasteiger partial charge >= 0.3 is 20.0 Å². The third kappa shape index (κ3) is 4.30. The molecule has 1 aliphatic heterocycles. The van der Waals surface area contributed by atoms with Gasteiger partial charge in [-0.1, -0.05) is 0 Å². The zero-order valence-corrected chi connectivity index (χ0v) is 21.5. The number of hydrogen-bond donors (Lipinski definition) is 1. The van der Waals surface area contributed by atoms with Crippen molar-refractivity contribution >= 4 is 20.0 Å². The van der Waals surface area contributed by atoms with Crippen molar-refractivity contribution in [3.8, 4) is 23.0 Å². The van der Waals surface area contributed by atoms with Crippen LogP contribution in [-0.4, -0.2) is 74.2 Å². The Balaban J connectivity index is 2.29. The number of hydrogen-bond acceptors (Lipinski definition) is 9. The van der Waals surface area contributed by atoms with E-state index in [0.29, 0.717) is 24.5 Å². The van der Waals surface area contributed by atoms with Gasteiger partial charge in [-0.05, 0) is 31.2 Å². The molecule has 2 aromatic carbocycles. The quantitative estimate of drug-likeness (QED) is 0.527. The number of sulfonamides is 2. The maximum absolute atomic E-state index is 14.2. The van der Waals surface area contributed by atoms with Crippen molar-refractivity contribution < 1.29 is 39.1 Å². The second-order valence-corrected chi connectivity index (χ2v) is 12.4. The molecule has 188 valence electrons. The molecule has 0 amide bonds. The molecule has 12 heteroatoms. The van der Waals surface area contributed by atoms with Gasteiger partial charge in [0.05, 0.1) is 34.5 Å². The molecule has 3 rings (SSSR count). The highest BCUT2D eigenvalue weighted by Gasteiger charge is 2.56. The van der Waals surface area contributed by atoms with Crippen molar-refractivity contribution in [2.75, 3.05) is 48.1 Å². The van der Waals surface area contributed by atoms with Gasteiger partial charge in [-0.2, -0.15) is 16.8 Å². The van der Waals surface area contributed by atoms with E-state index in [1.54, 1.807) is 6.92 Å². The maximum atomic E-state index is 14.2. The van der Waals surface area contributed by atoms with E-state index in [1.807, 2.05) is 0 Å². The molecule has 1 fully saturated rings. The minimum Gasteiger partial charge on any atom is -0.493 e. The fourth-order valence-electron chi connectivity index (χ4n) is 4.15. The van der Waals surface area contributed by atoms with Gasteiger partial charge < -0.3 is 24.3 Å². The normalized spacial score (nSPS) is 18.6. The summed E-state index contributed by atoms with van der Waals surface area (Å²) in [7, 11) is -3.31. The summed E-state index contributed by atoms with van der Waals surface area (Å²) < 4.78 is 76.5. The number of nitrogens with one attached hydrogen (secondary N) is 1. The molecule has 0 aliphatic carbocycles. The Morgan fingerprint density at radius 1 is 0.765 bits per heavy atom. The molecule has 0 aromatic heterocycles. The van der Waals surface area contributed by atoms with E-state index < -0.39 is 23.3 Å². The first kappa shape index (κ1) is 26.1. The lowest BCUT2D eigenvalue weighted by atomic mass is 10.3. The lowest BCUT2D eigenvalue weighted by molar-refractivity contribution is -0.673. The maximum Gasteiger partial charge on any atom is 0.342 e. The second-order valence-electron chi connectivity index (χ2n) is 7.91. The molecule has 1 atom stereocenters. The van der Waals surface area contributed by atoms with Crippen molar-refractivity contribution in [2.45, 2.75) is 29.2 Å². The molecule has 1 N–H and O–H groups in total. The van der Waals surface area contributed by atoms with E-state index in [0.717, 1.165) is 0 Å². The topological polar surface area (TPSA) is 117 Å². The van der Waals surface area contributed by atoms with Gasteiger partial charge in [-0.25, -0.2) is 0 Å². The van der Waals surface area contributed by atoms with Crippen molar-refractivity contribution in [3.05, 3.63) is 36.4 Å². The Morgan fingerprint density at radius 3 is 1.62 bits per heavy atom. The Kier molecular flexibility index (Phi) is 7.65. The highest BCUT2D eigenvalue weighted by molar-refractivity contribution is 7.98. The molecule has 0 bridgehead atoms. The number of nitrogens with zero attached hydrogens (tertiary/aromatic N) is 1. The molecule has 10 nitrogen and oxygen atoms in total. The smallest absolute Gasteiger partial charge is 0.342 e. The Bertz CT molecular complexity index is 1160. The Labute approximate surface area is 201 Å². The first-order valence-corrected chi connectivity index (χ1v) is 13.5. The summed E-state index contributed by atoms with van der Waals surface area (Å²) in [5, 5.41) is 3.19. The first-order valence-electron chi connectivity index (χ1n) is 10.6. The summed E-state index contributed by atoms with van der Waals surface area (Å²) >= 11 is 0. The summed E-state index contributed by atoms with van der Waals surface area (Å²) in [5.74, 6) is 1.04. The third-order valence-electron chi connectivity index (χ3n) is 5.90. The van der Waals surface area contributed by atoms with E-state index >= 15 is 0 Å². The average molecular weight is 516 g/mol. The Hall–Kier alpha value is -2.54. The van der Waals surface area contributed by atoms with E-state index in [1.165, 1.54) is 64.8 Å². The molecule has 0 spiro atoms. The summed E-state index contributed by atoms with van der Waals surface area (Å²) in [4.78, 5) is -0.355. The SMILES string of the molecule is COc1ccc(S(=O)(=O)[N+]2(S(=O)(=O)c3ccc(OC)c(OC)c3)CCCNC(C)C2)cc1OC. The fraction of sp³-hybridized carbons (Fsp3) is 0.455. The van der Waals surface area contributed by atoms with Crippen LogP contribution >= 0.6 is 0 Å². The number of methoxy groups -OCH3 is 4. The van der Waals surface area contributed by atoms with Gasteiger partial charge in [-0.3, -0.25) is 0 Å². The summed E-state index contributed by atoms with van der Waals surface area (Å²) in [5.41, 5.74) is 0. The van der Waals surface area contributed by atoms with Gasteiger partial charge in [0, 0.05) is 25.1 Å². The average Bonchev–Trinajstić information content (AvgIpc) is 3.05. The predicted octanol–water partition coefficient (Wildman–Crippen LogP) is 2.00. The van der Waals surface area contributed by atoms with Crippen LogP contribution in [0.25, 0.3) is 0 Å². The molecule has 34 heavy (non-hydrogen) atoms. The number of benzene rings is 2. The van der Waals surface area contributed by atoms with Crippen LogP contribution in [-0.2, 0) is 20.0 Å². The third-order valence-corrected chi connectivity index (χ3v) is 11.2. The van der Waals surface area contributed by atoms with Crippen molar-refractivity contribution in [1.29, 1.82) is 0 Å². The summed E-state index contributed by atoms with van der Waals surface area (Å²) in [6.45, 7) is 1.94. The lowest BCUT2D eigenvalue weighted by Crippen LogP contribution is -2.59. The van der Waals surface area contributed by atoms with Gasteiger partial charge in [0.15, 0.2) is 23.0 Å². The van der Waals surface area contributed by atoms with Crippen molar-refractivity contribution in [3.63, 3.8) is 0 Å². The zero-order chi connectivity index (χ0) is 25.1. The molecule has 0 radical (unpaired) electrons. The molecular formula is C22H31N2O8S2+. The van der Waals surface area contributed by atoms with Crippen LogP contribution in [0.4, 0.5) is 0 Å². The van der Waals surface area contributed by atoms with Gasteiger partial charge in [0.25, 0.3) is 0 Å². The largest absolute Gasteiger partial charge is 0.493 e. The van der Waals surface area contributed by atoms with Crippen LogP contribution in [0.2, 0.25) is 0 Å². The summed E-state index contributed by atoms with van der Waals surface area (Å²) in [6.07, 6.45) is 0.337. The fourth-order valence-corrected chi connectivity index (χ4v) is 9.03. The van der Waals surface area contributed by atoms with Crippen LogP contribution in [0.1, 0.15) is 13.3 Å². The molecule has 2 aromatic rings. The van der Waals surface area contributed by atoms with Crippen molar-refractivity contribution in [2.24, 2.45) is 0 Å². The van der Waals surface area contributed by atoms with Crippen LogP contribution in [0, 0.1) is 0 Å². The second kappa shape index (κ2) is 9.98. The first-order chi connectivity index (χ1) is 16.1. The monoisotopic (exact) mass is 515 g/mol. The number of ether oxygens (including phenoxy) is 4. The minimum atomic E-state index is -4.48. The van der Waals surface area contributed by atoms with E-state index in [4.69, 9.17) is 18.9 Å². The Morgan fingerprint density at radius 2 is 1.21 bits per heavy atom. The standard InChI is InChI=1S/C22H31N2O8S2/c1-16-15-24(12-6-11-23-16,33(25,26)17-7-9-19(29-2)21(13-17)31-4)34(27,28)18-8-10-20(30-3)22(14-18)32-5/h7-10,13-14,16,23H,6,11-12,15H2,1-5H3/q+1. The molecule has 0 saturated carbocycles. The van der Waals surface area contributed by atoms with Crippen molar-refractivity contribution in [1.82, 2.24) is 5.32 Å². The van der Waals surface area contributed by atoms with Crippen LogP contribution in [0.3, 0.4) is 0 Å². The van der Waals surface area contributed by atoms with Crippen LogP contribution in [0.15, 0.2) is 46.2 Å². The number of rotatable bonds is 8. The van der Waals surface area contributed by atoms with Gasteiger partial charge in [0.1, 0.15) is 22.9 Å². The minimum absolute atomic E-state index is 0.134. The van der Waals surface area contributed by atoms with E-state index in [-0.39, 0.29) is 40.4 Å². The highest BCUT2D eigenvalue weighted by Crippen LogP contribution is 2.40. The molecule has 1 heterocycles. The van der Waals surface area contributed by atoms with E-state index in [9.17, 15) is 16.8 Å². The van der Waals surface area contributed by atoms with Gasteiger partial charge in [-0.15, -0.1) is 3.29 Å². The molecule has 1 unspecified atom stereocenters. The van der Waals surface area contributed by atoms with Crippen LogP contribution in [0.5, 0.6) is 23.0 Å². The zero-order valence-electron chi connectivity index (χ0n) is 19.9. The van der Waals surface area contributed by atoms with Crippen LogP contribution < -0.4 is 24.3 Å². The molecule has 1 saturated heterocycles. The summed E-state index contributed by atoms with van der Waals surface area (Å²) in [6, 6.07) is 7.78.